The van der Waals surface area contributed by atoms with Crippen LogP contribution in [0.3, 0.4) is 0 Å². The molecule has 184 valence electrons. The zero-order valence-corrected chi connectivity index (χ0v) is 21.0. The second-order valence-electron chi connectivity index (χ2n) is 8.80. The lowest BCUT2D eigenvalue weighted by Crippen LogP contribution is -2.42. The lowest BCUT2D eigenvalue weighted by atomic mass is 10.2. The van der Waals surface area contributed by atoms with Crippen molar-refractivity contribution in [2.24, 2.45) is 0 Å². The van der Waals surface area contributed by atoms with Crippen molar-refractivity contribution in [2.75, 3.05) is 27.7 Å². The third kappa shape index (κ3) is 24.0. The molecule has 0 heterocycles. The number of hydrogen-bond donors (Lipinski definition) is 1. The third-order valence-electron chi connectivity index (χ3n) is 4.27. The molecule has 0 fully saturated rings. The van der Waals surface area contributed by atoms with Crippen molar-refractivity contribution in [1.82, 2.24) is 0 Å². The Kier molecular flexibility index (Phi) is 18.6. The molecule has 0 aromatic rings. The van der Waals surface area contributed by atoms with Crippen LogP contribution in [0.4, 0.5) is 0 Å². The predicted octanol–water partition coefficient (Wildman–Crippen LogP) is 5.60. The number of esters is 2. The number of carbonyl (C=O) groups excluding carboxylic acids is 2. The first-order valence-corrected chi connectivity index (χ1v) is 11.9. The third-order valence-corrected chi connectivity index (χ3v) is 4.27. The topological polar surface area (TPSA) is 63.6 Å². The van der Waals surface area contributed by atoms with Gasteiger partial charge in [0.15, 0.2) is 0 Å². The minimum absolute atomic E-state index is 0.0435. The molecular formula is C28H44NO4+. The van der Waals surface area contributed by atoms with Crippen LogP contribution in [0, 0.1) is 0 Å². The number of likely N-dealkylation sites (N-methyl/N-ethyl adjacent to an activating group) is 1. The monoisotopic (exact) mass is 458 g/mol. The van der Waals surface area contributed by atoms with E-state index in [0.717, 1.165) is 38.5 Å². The van der Waals surface area contributed by atoms with Crippen molar-refractivity contribution in [1.29, 1.82) is 0 Å². The summed E-state index contributed by atoms with van der Waals surface area (Å²) >= 11 is 0. The summed E-state index contributed by atoms with van der Waals surface area (Å²) in [4.78, 5) is 23.4. The van der Waals surface area contributed by atoms with Crippen LogP contribution in [0.1, 0.15) is 58.3 Å². The normalized spacial score (nSPS) is 14.1. The fourth-order valence-corrected chi connectivity index (χ4v) is 2.80. The second-order valence-corrected chi connectivity index (χ2v) is 8.80. The van der Waals surface area contributed by atoms with Crippen molar-refractivity contribution in [3.63, 3.8) is 0 Å². The first-order valence-electron chi connectivity index (χ1n) is 11.9. The van der Waals surface area contributed by atoms with Gasteiger partial charge in [-0.1, -0.05) is 79.8 Å². The molecule has 5 heteroatoms. The summed E-state index contributed by atoms with van der Waals surface area (Å²) in [7, 11) is 5.76. The number of hydrogen-bond acceptors (Lipinski definition) is 4. The quantitative estimate of drug-likeness (QED) is 0.133. The number of aliphatic hydroxyl groups is 1. The SMILES string of the molecule is CCC=CCC=CCC=CCC=CCC=CCC=CCC(=O)OC(=O)CC(O)C[N+](C)(C)C. The van der Waals surface area contributed by atoms with Gasteiger partial charge < -0.3 is 14.3 Å². The van der Waals surface area contributed by atoms with Gasteiger partial charge in [0.05, 0.1) is 34.0 Å². The summed E-state index contributed by atoms with van der Waals surface area (Å²) in [5, 5.41) is 9.85. The number of allylic oxidation sites excluding steroid dienone is 11. The molecule has 0 aliphatic carbocycles. The van der Waals surface area contributed by atoms with Crippen LogP contribution < -0.4 is 0 Å². The largest absolute Gasteiger partial charge is 0.393 e. The van der Waals surface area contributed by atoms with Crippen molar-refractivity contribution in [3.8, 4) is 0 Å². The van der Waals surface area contributed by atoms with Gasteiger partial charge in [0.1, 0.15) is 12.6 Å². The highest BCUT2D eigenvalue weighted by atomic mass is 16.6. The first kappa shape index (κ1) is 30.5. The van der Waals surface area contributed by atoms with Gasteiger partial charge >= 0.3 is 11.9 Å². The van der Waals surface area contributed by atoms with Crippen molar-refractivity contribution < 1.29 is 23.9 Å². The summed E-state index contributed by atoms with van der Waals surface area (Å²) < 4.78 is 5.26. The molecule has 33 heavy (non-hydrogen) atoms. The van der Waals surface area contributed by atoms with Gasteiger partial charge in [0.25, 0.3) is 0 Å². The second kappa shape index (κ2) is 20.1. The molecule has 0 aromatic carbocycles. The average molecular weight is 459 g/mol. The van der Waals surface area contributed by atoms with E-state index in [2.05, 4.69) is 61.6 Å². The van der Waals surface area contributed by atoms with Crippen LogP contribution in [-0.2, 0) is 14.3 Å². The fraction of sp³-hybridized carbons (Fsp3) is 0.500. The molecule has 0 saturated carbocycles. The molecule has 0 aliphatic heterocycles. The summed E-state index contributed by atoms with van der Waals surface area (Å²) in [6.07, 6.45) is 29.7. The zero-order chi connectivity index (χ0) is 24.8. The molecule has 0 radical (unpaired) electrons. The number of aliphatic hydroxyl groups excluding tert-OH is 1. The van der Waals surface area contributed by atoms with E-state index in [1.165, 1.54) is 0 Å². The van der Waals surface area contributed by atoms with Crippen LogP contribution in [0.5, 0.6) is 0 Å². The van der Waals surface area contributed by atoms with Crippen LogP contribution in [-0.4, -0.2) is 55.3 Å². The Hall–Kier alpha value is -2.50. The lowest BCUT2D eigenvalue weighted by molar-refractivity contribution is -0.873. The van der Waals surface area contributed by atoms with Gasteiger partial charge in [0.2, 0.25) is 0 Å². The summed E-state index contributed by atoms with van der Waals surface area (Å²) in [5.41, 5.74) is 0. The Bertz CT molecular complexity index is 706. The number of quaternary nitrogens is 1. The van der Waals surface area contributed by atoms with Gasteiger partial charge in [-0.25, -0.2) is 0 Å². The number of nitrogens with zero attached hydrogens (tertiary/aromatic N) is 1. The van der Waals surface area contributed by atoms with E-state index >= 15 is 0 Å². The molecule has 1 atom stereocenters. The van der Waals surface area contributed by atoms with Crippen molar-refractivity contribution in [2.45, 2.75) is 64.4 Å². The van der Waals surface area contributed by atoms with Crippen LogP contribution in [0.2, 0.25) is 0 Å². The number of ether oxygens (including phenoxy) is 1. The zero-order valence-electron chi connectivity index (χ0n) is 21.0. The maximum Gasteiger partial charge on any atom is 0.317 e. The molecule has 1 unspecified atom stereocenters. The standard InChI is InChI=1S/C28H44NO4/c1-5-6-7-8-9-10-11-12-13-14-15-16-17-18-19-20-21-22-23-27(31)33-28(32)24-26(30)25-29(2,3)4/h6-7,9-10,12-13,15-16,18-19,21-22,26,30H,5,8,11,14,17,20,23-25H2,1-4H3/q+1. The van der Waals surface area contributed by atoms with Gasteiger partial charge in [-0.15, -0.1) is 0 Å². The maximum absolute atomic E-state index is 11.7. The summed E-state index contributed by atoms with van der Waals surface area (Å²) in [6, 6.07) is 0. The minimum Gasteiger partial charge on any atom is -0.393 e. The van der Waals surface area contributed by atoms with Crippen molar-refractivity contribution >= 4 is 11.9 Å². The number of rotatable bonds is 17. The van der Waals surface area contributed by atoms with E-state index in [4.69, 9.17) is 4.74 Å². The lowest BCUT2D eigenvalue weighted by Gasteiger charge is -2.26. The average Bonchev–Trinajstić information content (AvgIpc) is 2.71. The van der Waals surface area contributed by atoms with Gasteiger partial charge in [-0.3, -0.25) is 9.59 Å². The summed E-state index contributed by atoms with van der Waals surface area (Å²) in [6.45, 7) is 2.55. The van der Waals surface area contributed by atoms with E-state index < -0.39 is 18.0 Å². The van der Waals surface area contributed by atoms with E-state index in [1.54, 1.807) is 6.08 Å². The van der Waals surface area contributed by atoms with E-state index in [1.807, 2.05) is 33.3 Å². The molecule has 0 spiro atoms. The minimum atomic E-state index is -0.823. The molecule has 5 nitrogen and oxygen atoms in total. The molecule has 0 bridgehead atoms. The smallest absolute Gasteiger partial charge is 0.317 e. The Morgan fingerprint density at radius 3 is 1.48 bits per heavy atom. The van der Waals surface area contributed by atoms with E-state index in [9.17, 15) is 14.7 Å². The fourth-order valence-electron chi connectivity index (χ4n) is 2.80. The van der Waals surface area contributed by atoms with Gasteiger partial charge in [-0.2, -0.15) is 0 Å². The Morgan fingerprint density at radius 1 is 0.697 bits per heavy atom. The highest BCUT2D eigenvalue weighted by molar-refractivity contribution is 5.86. The Balaban J connectivity index is 3.81. The molecule has 0 aliphatic rings. The molecule has 0 amide bonds. The molecule has 0 rings (SSSR count). The van der Waals surface area contributed by atoms with Crippen LogP contribution in [0.25, 0.3) is 0 Å². The molecule has 0 aromatic heterocycles. The van der Waals surface area contributed by atoms with Crippen LogP contribution >= 0.6 is 0 Å². The summed E-state index contributed by atoms with van der Waals surface area (Å²) in [5.74, 6) is -1.29. The first-order chi connectivity index (χ1) is 15.7. The van der Waals surface area contributed by atoms with E-state index in [0.29, 0.717) is 11.0 Å². The molecule has 1 N–H and O–H groups in total. The van der Waals surface area contributed by atoms with Gasteiger partial charge in [-0.05, 0) is 38.5 Å². The maximum atomic E-state index is 11.7. The number of carbonyl (C=O) groups is 2. The van der Waals surface area contributed by atoms with Gasteiger partial charge in [0, 0.05) is 0 Å². The van der Waals surface area contributed by atoms with Crippen molar-refractivity contribution in [3.05, 3.63) is 72.9 Å². The highest BCUT2D eigenvalue weighted by Gasteiger charge is 2.20. The Labute approximate surface area is 201 Å². The Morgan fingerprint density at radius 2 is 1.09 bits per heavy atom. The van der Waals surface area contributed by atoms with E-state index in [-0.39, 0.29) is 12.8 Å². The predicted molar refractivity (Wildman–Crippen MR) is 137 cm³/mol. The highest BCUT2D eigenvalue weighted by Crippen LogP contribution is 2.03. The molecular weight excluding hydrogens is 414 g/mol. The van der Waals surface area contributed by atoms with Crippen LogP contribution in [0.15, 0.2) is 72.9 Å². The molecule has 0 saturated heterocycles.